The average molecular weight is 324 g/mol. The topological polar surface area (TPSA) is 28.2 Å². The van der Waals surface area contributed by atoms with Crippen molar-refractivity contribution in [2.24, 2.45) is 0 Å². The molecule has 5 heteroatoms. The molecule has 0 fully saturated rings. The van der Waals surface area contributed by atoms with Crippen LogP contribution in [0.2, 0.25) is 5.02 Å². The number of aromatic nitrogens is 1. The molecule has 0 amide bonds. The molecule has 0 bridgehead atoms. The molecule has 0 aliphatic rings. The molecule has 0 atom stereocenters. The Kier molecular flexibility index (Phi) is 6.49. The molecule has 21 heavy (non-hydrogen) atoms. The minimum absolute atomic E-state index is 0.731. The van der Waals surface area contributed by atoms with Crippen LogP contribution < -0.4 is 10.2 Å². The van der Waals surface area contributed by atoms with E-state index in [-0.39, 0.29) is 0 Å². The first-order valence-electron chi connectivity index (χ1n) is 7.37. The number of pyridine rings is 1. The Balaban J connectivity index is 2.11. The smallest absolute Gasteiger partial charge is 0.129 e. The summed E-state index contributed by atoms with van der Waals surface area (Å²) >= 11 is 8.02. The Morgan fingerprint density at radius 2 is 2.24 bits per heavy atom. The third-order valence-corrected chi connectivity index (χ3v) is 4.50. The van der Waals surface area contributed by atoms with E-state index < -0.39 is 0 Å². The zero-order valence-corrected chi connectivity index (χ0v) is 14.2. The SMILES string of the molecule is CCCNCc1cc(N(CC)Cc2cccs2)ncc1Cl. The second kappa shape index (κ2) is 8.37. The van der Waals surface area contributed by atoms with Gasteiger partial charge in [-0.15, -0.1) is 11.3 Å². The van der Waals surface area contributed by atoms with Gasteiger partial charge in [0.2, 0.25) is 0 Å². The van der Waals surface area contributed by atoms with Gasteiger partial charge >= 0.3 is 0 Å². The predicted molar refractivity (Wildman–Crippen MR) is 92.3 cm³/mol. The maximum Gasteiger partial charge on any atom is 0.129 e. The van der Waals surface area contributed by atoms with Gasteiger partial charge in [-0.1, -0.05) is 24.6 Å². The Bertz CT molecular complexity index is 542. The van der Waals surface area contributed by atoms with E-state index in [9.17, 15) is 0 Å². The lowest BCUT2D eigenvalue weighted by molar-refractivity contribution is 0.674. The van der Waals surface area contributed by atoms with Crippen LogP contribution in [0.15, 0.2) is 29.8 Å². The van der Waals surface area contributed by atoms with E-state index in [1.165, 1.54) is 4.88 Å². The molecular weight excluding hydrogens is 302 g/mol. The van der Waals surface area contributed by atoms with Gasteiger partial charge in [-0.3, -0.25) is 0 Å². The van der Waals surface area contributed by atoms with Crippen LogP contribution in [0.25, 0.3) is 0 Å². The number of hydrogen-bond donors (Lipinski definition) is 1. The molecule has 3 nitrogen and oxygen atoms in total. The average Bonchev–Trinajstić information content (AvgIpc) is 3.00. The Morgan fingerprint density at radius 3 is 2.90 bits per heavy atom. The maximum absolute atomic E-state index is 6.25. The van der Waals surface area contributed by atoms with E-state index in [4.69, 9.17) is 11.6 Å². The summed E-state index contributed by atoms with van der Waals surface area (Å²) in [6, 6.07) is 6.35. The van der Waals surface area contributed by atoms with Crippen LogP contribution >= 0.6 is 22.9 Å². The predicted octanol–water partition coefficient (Wildman–Crippen LogP) is 4.32. The van der Waals surface area contributed by atoms with Crippen molar-refractivity contribution in [3.63, 3.8) is 0 Å². The molecule has 0 aliphatic heterocycles. The van der Waals surface area contributed by atoms with Crippen LogP contribution in [0.1, 0.15) is 30.7 Å². The number of nitrogens with one attached hydrogen (secondary N) is 1. The molecule has 0 spiro atoms. The van der Waals surface area contributed by atoms with Crippen LogP contribution in [-0.4, -0.2) is 18.1 Å². The number of halogens is 1. The number of hydrogen-bond acceptors (Lipinski definition) is 4. The number of nitrogens with zero attached hydrogens (tertiary/aromatic N) is 2. The second-order valence-electron chi connectivity index (χ2n) is 4.90. The van der Waals surface area contributed by atoms with E-state index in [1.807, 2.05) is 0 Å². The van der Waals surface area contributed by atoms with Crippen molar-refractivity contribution in [2.45, 2.75) is 33.4 Å². The number of rotatable bonds is 8. The Labute approximate surface area is 136 Å². The van der Waals surface area contributed by atoms with Crippen molar-refractivity contribution in [1.82, 2.24) is 10.3 Å². The molecule has 0 saturated heterocycles. The normalized spacial score (nSPS) is 10.8. The summed E-state index contributed by atoms with van der Waals surface area (Å²) in [6.45, 7) is 7.92. The minimum atomic E-state index is 0.731. The van der Waals surface area contributed by atoms with Crippen LogP contribution in [0.3, 0.4) is 0 Å². The number of thiophene rings is 1. The van der Waals surface area contributed by atoms with Gasteiger partial charge in [-0.2, -0.15) is 0 Å². The van der Waals surface area contributed by atoms with Crippen molar-refractivity contribution in [1.29, 1.82) is 0 Å². The lowest BCUT2D eigenvalue weighted by Crippen LogP contribution is -2.23. The standard InChI is InChI=1S/C16H22ClN3S/c1-3-7-18-10-13-9-16(19-11-15(13)17)20(4-2)12-14-6-5-8-21-14/h5-6,8-9,11,18H,3-4,7,10,12H2,1-2H3. The van der Waals surface area contributed by atoms with E-state index in [2.05, 4.69) is 52.6 Å². The van der Waals surface area contributed by atoms with Gasteiger partial charge < -0.3 is 10.2 Å². The monoisotopic (exact) mass is 323 g/mol. The zero-order chi connectivity index (χ0) is 15.1. The quantitative estimate of drug-likeness (QED) is 0.733. The van der Waals surface area contributed by atoms with Crippen LogP contribution in [0.5, 0.6) is 0 Å². The molecule has 0 saturated carbocycles. The van der Waals surface area contributed by atoms with Gasteiger partial charge in [0.1, 0.15) is 5.82 Å². The molecule has 0 unspecified atom stereocenters. The van der Waals surface area contributed by atoms with Crippen LogP contribution in [-0.2, 0) is 13.1 Å². The van der Waals surface area contributed by atoms with Gasteiger partial charge in [-0.25, -0.2) is 4.98 Å². The molecular formula is C16H22ClN3S. The fourth-order valence-corrected chi connectivity index (χ4v) is 3.01. The largest absolute Gasteiger partial charge is 0.352 e. The van der Waals surface area contributed by atoms with Gasteiger partial charge in [0.25, 0.3) is 0 Å². The minimum Gasteiger partial charge on any atom is -0.352 e. The van der Waals surface area contributed by atoms with Crippen molar-refractivity contribution >= 4 is 28.8 Å². The third kappa shape index (κ3) is 4.70. The Morgan fingerprint density at radius 1 is 1.38 bits per heavy atom. The zero-order valence-electron chi connectivity index (χ0n) is 12.6. The van der Waals surface area contributed by atoms with Gasteiger partial charge in [-0.05, 0) is 43.0 Å². The molecule has 2 aromatic heterocycles. The molecule has 1 N–H and O–H groups in total. The summed E-state index contributed by atoms with van der Waals surface area (Å²) in [5.41, 5.74) is 1.11. The van der Waals surface area contributed by atoms with E-state index in [0.717, 1.165) is 49.0 Å². The summed E-state index contributed by atoms with van der Waals surface area (Å²) in [5, 5.41) is 6.23. The summed E-state index contributed by atoms with van der Waals surface area (Å²) in [4.78, 5) is 8.11. The highest BCUT2D eigenvalue weighted by Gasteiger charge is 2.10. The third-order valence-electron chi connectivity index (χ3n) is 3.30. The summed E-state index contributed by atoms with van der Waals surface area (Å²) < 4.78 is 0. The van der Waals surface area contributed by atoms with Gasteiger partial charge in [0, 0.05) is 24.2 Å². The summed E-state index contributed by atoms with van der Waals surface area (Å²) in [7, 11) is 0. The Hall–Kier alpha value is -1.10. The molecule has 114 valence electrons. The summed E-state index contributed by atoms with van der Waals surface area (Å²) in [5.74, 6) is 0.989. The molecule has 2 heterocycles. The lowest BCUT2D eigenvalue weighted by Gasteiger charge is -2.22. The van der Waals surface area contributed by atoms with Crippen LogP contribution in [0.4, 0.5) is 5.82 Å². The second-order valence-corrected chi connectivity index (χ2v) is 6.34. The van der Waals surface area contributed by atoms with E-state index >= 15 is 0 Å². The van der Waals surface area contributed by atoms with Crippen LogP contribution in [0, 0.1) is 0 Å². The first kappa shape index (κ1) is 16.3. The highest BCUT2D eigenvalue weighted by atomic mass is 35.5. The molecule has 0 radical (unpaired) electrons. The van der Waals surface area contributed by atoms with E-state index in [1.54, 1.807) is 17.5 Å². The lowest BCUT2D eigenvalue weighted by atomic mass is 10.2. The molecule has 0 aromatic carbocycles. The highest BCUT2D eigenvalue weighted by Crippen LogP contribution is 2.22. The highest BCUT2D eigenvalue weighted by molar-refractivity contribution is 7.09. The van der Waals surface area contributed by atoms with Crippen molar-refractivity contribution in [3.8, 4) is 0 Å². The first-order valence-corrected chi connectivity index (χ1v) is 8.62. The molecule has 2 aromatic rings. The van der Waals surface area contributed by atoms with Crippen molar-refractivity contribution in [3.05, 3.63) is 45.2 Å². The molecule has 2 rings (SSSR count). The van der Waals surface area contributed by atoms with Crippen molar-refractivity contribution in [2.75, 3.05) is 18.0 Å². The van der Waals surface area contributed by atoms with Gasteiger partial charge in [0.15, 0.2) is 0 Å². The first-order chi connectivity index (χ1) is 10.2. The van der Waals surface area contributed by atoms with E-state index in [0.29, 0.717) is 0 Å². The summed E-state index contributed by atoms with van der Waals surface area (Å²) in [6.07, 6.45) is 2.88. The van der Waals surface area contributed by atoms with Gasteiger partial charge in [0.05, 0.1) is 11.6 Å². The van der Waals surface area contributed by atoms with Crippen molar-refractivity contribution < 1.29 is 0 Å². The fourth-order valence-electron chi connectivity index (χ4n) is 2.12. The number of anilines is 1. The molecule has 0 aliphatic carbocycles. The maximum atomic E-state index is 6.25. The fraction of sp³-hybridized carbons (Fsp3) is 0.438.